The van der Waals surface area contributed by atoms with Gasteiger partial charge in [-0.05, 0) is 43.9 Å². The van der Waals surface area contributed by atoms with Crippen LogP contribution in [0.5, 0.6) is 11.5 Å². The summed E-state index contributed by atoms with van der Waals surface area (Å²) in [5, 5.41) is 13.0. The number of benzene rings is 1. The number of para-hydroxylation sites is 2. The van der Waals surface area contributed by atoms with Crippen molar-refractivity contribution in [2.75, 3.05) is 26.8 Å². The Bertz CT molecular complexity index is 397. The first-order chi connectivity index (χ1) is 9.79. The number of aliphatic hydroxyl groups excluding tert-OH is 1. The summed E-state index contributed by atoms with van der Waals surface area (Å²) in [4.78, 5) is 0. The van der Waals surface area contributed by atoms with E-state index < -0.39 is 0 Å². The summed E-state index contributed by atoms with van der Waals surface area (Å²) in [6.07, 6.45) is 4.16. The standard InChI is InChI=1S/C16H25NO3/c1-19-15-7-2-3-8-16(15)20-10-9-17-12-13-5-4-6-14(18)11-13/h2-3,7-8,13-14,17-18H,4-6,9-12H2,1H3. The fourth-order valence-corrected chi connectivity index (χ4v) is 2.73. The predicted molar refractivity (Wildman–Crippen MR) is 79.3 cm³/mol. The van der Waals surface area contributed by atoms with Crippen molar-refractivity contribution >= 4 is 0 Å². The first-order valence-corrected chi connectivity index (χ1v) is 7.44. The van der Waals surface area contributed by atoms with Gasteiger partial charge in [0.1, 0.15) is 6.61 Å². The number of aliphatic hydroxyl groups is 1. The second-order valence-corrected chi connectivity index (χ2v) is 5.39. The van der Waals surface area contributed by atoms with E-state index in [1.54, 1.807) is 7.11 Å². The smallest absolute Gasteiger partial charge is 0.161 e. The van der Waals surface area contributed by atoms with Crippen LogP contribution in [0.4, 0.5) is 0 Å². The summed E-state index contributed by atoms with van der Waals surface area (Å²) >= 11 is 0. The minimum absolute atomic E-state index is 0.0969. The Hall–Kier alpha value is -1.26. The van der Waals surface area contributed by atoms with Crippen molar-refractivity contribution in [3.8, 4) is 11.5 Å². The molecular weight excluding hydrogens is 254 g/mol. The fraction of sp³-hybridized carbons (Fsp3) is 0.625. The molecule has 1 aromatic rings. The monoisotopic (exact) mass is 279 g/mol. The van der Waals surface area contributed by atoms with Crippen LogP contribution in [0.25, 0.3) is 0 Å². The summed E-state index contributed by atoms with van der Waals surface area (Å²) in [6, 6.07) is 7.68. The highest BCUT2D eigenvalue weighted by Gasteiger charge is 2.19. The van der Waals surface area contributed by atoms with Gasteiger partial charge in [0.2, 0.25) is 0 Å². The molecule has 0 bridgehead atoms. The molecule has 0 amide bonds. The molecule has 0 heterocycles. The molecular formula is C16H25NO3. The second-order valence-electron chi connectivity index (χ2n) is 5.39. The number of methoxy groups -OCH3 is 1. The van der Waals surface area contributed by atoms with Crippen LogP contribution in [0.3, 0.4) is 0 Å². The summed E-state index contributed by atoms with van der Waals surface area (Å²) in [7, 11) is 1.65. The lowest BCUT2D eigenvalue weighted by Gasteiger charge is -2.26. The Labute approximate surface area is 121 Å². The third kappa shape index (κ3) is 4.69. The molecule has 112 valence electrons. The Kier molecular flexibility index (Phi) is 6.15. The summed E-state index contributed by atoms with van der Waals surface area (Å²) in [5.74, 6) is 2.15. The van der Waals surface area contributed by atoms with E-state index in [9.17, 15) is 5.11 Å². The van der Waals surface area contributed by atoms with Gasteiger partial charge < -0.3 is 19.9 Å². The van der Waals surface area contributed by atoms with Crippen molar-refractivity contribution in [2.24, 2.45) is 5.92 Å². The molecule has 1 aliphatic rings. The van der Waals surface area contributed by atoms with Crippen molar-refractivity contribution in [3.05, 3.63) is 24.3 Å². The molecule has 0 aromatic heterocycles. The van der Waals surface area contributed by atoms with Crippen LogP contribution in [0.1, 0.15) is 25.7 Å². The summed E-state index contributed by atoms with van der Waals surface area (Å²) in [5.41, 5.74) is 0. The molecule has 0 radical (unpaired) electrons. The number of hydrogen-bond donors (Lipinski definition) is 2. The summed E-state index contributed by atoms with van der Waals surface area (Å²) in [6.45, 7) is 2.40. The number of ether oxygens (including phenoxy) is 2. The van der Waals surface area contributed by atoms with Gasteiger partial charge in [-0.15, -0.1) is 0 Å². The highest BCUT2D eigenvalue weighted by molar-refractivity contribution is 5.39. The lowest BCUT2D eigenvalue weighted by molar-refractivity contribution is 0.100. The fourth-order valence-electron chi connectivity index (χ4n) is 2.73. The maximum atomic E-state index is 9.62. The molecule has 0 aliphatic heterocycles. The van der Waals surface area contributed by atoms with E-state index in [1.165, 1.54) is 6.42 Å². The van der Waals surface area contributed by atoms with E-state index >= 15 is 0 Å². The lowest BCUT2D eigenvalue weighted by atomic mass is 9.87. The van der Waals surface area contributed by atoms with E-state index in [0.29, 0.717) is 12.5 Å². The van der Waals surface area contributed by atoms with Gasteiger partial charge in [-0.25, -0.2) is 0 Å². The van der Waals surface area contributed by atoms with Gasteiger partial charge in [0.25, 0.3) is 0 Å². The molecule has 1 fully saturated rings. The van der Waals surface area contributed by atoms with Crippen molar-refractivity contribution in [2.45, 2.75) is 31.8 Å². The van der Waals surface area contributed by atoms with Crippen LogP contribution in [0.15, 0.2) is 24.3 Å². The van der Waals surface area contributed by atoms with Gasteiger partial charge in [-0.2, -0.15) is 0 Å². The largest absolute Gasteiger partial charge is 0.493 e. The molecule has 0 spiro atoms. The van der Waals surface area contributed by atoms with E-state index in [-0.39, 0.29) is 6.10 Å². The van der Waals surface area contributed by atoms with Crippen molar-refractivity contribution in [3.63, 3.8) is 0 Å². The zero-order valence-corrected chi connectivity index (χ0v) is 12.2. The number of nitrogens with one attached hydrogen (secondary N) is 1. The molecule has 0 saturated heterocycles. The zero-order chi connectivity index (χ0) is 14.2. The van der Waals surface area contributed by atoms with Crippen molar-refractivity contribution < 1.29 is 14.6 Å². The molecule has 1 aliphatic carbocycles. The third-order valence-electron chi connectivity index (χ3n) is 3.79. The Morgan fingerprint density at radius 2 is 2.05 bits per heavy atom. The van der Waals surface area contributed by atoms with E-state index in [1.807, 2.05) is 24.3 Å². The van der Waals surface area contributed by atoms with Gasteiger partial charge in [0, 0.05) is 6.54 Å². The number of hydrogen-bond acceptors (Lipinski definition) is 4. The highest BCUT2D eigenvalue weighted by Crippen LogP contribution is 2.25. The van der Waals surface area contributed by atoms with Gasteiger partial charge in [0.15, 0.2) is 11.5 Å². The SMILES string of the molecule is COc1ccccc1OCCNCC1CCCC(O)C1. The maximum absolute atomic E-state index is 9.62. The number of rotatable bonds is 7. The molecule has 4 nitrogen and oxygen atoms in total. The molecule has 2 rings (SSSR count). The molecule has 2 atom stereocenters. The highest BCUT2D eigenvalue weighted by atomic mass is 16.5. The zero-order valence-electron chi connectivity index (χ0n) is 12.2. The first-order valence-electron chi connectivity index (χ1n) is 7.44. The minimum atomic E-state index is -0.0969. The molecule has 2 unspecified atom stereocenters. The second kappa shape index (κ2) is 8.12. The summed E-state index contributed by atoms with van der Waals surface area (Å²) < 4.78 is 10.9. The van der Waals surface area contributed by atoms with Crippen LogP contribution in [0, 0.1) is 5.92 Å². The van der Waals surface area contributed by atoms with Gasteiger partial charge in [-0.3, -0.25) is 0 Å². The van der Waals surface area contributed by atoms with E-state index in [2.05, 4.69) is 5.32 Å². The van der Waals surface area contributed by atoms with Gasteiger partial charge >= 0.3 is 0 Å². The van der Waals surface area contributed by atoms with Crippen molar-refractivity contribution in [1.29, 1.82) is 0 Å². The topological polar surface area (TPSA) is 50.7 Å². The van der Waals surface area contributed by atoms with Gasteiger partial charge in [0.05, 0.1) is 13.2 Å². The quantitative estimate of drug-likeness (QED) is 0.751. The molecule has 1 aromatic carbocycles. The van der Waals surface area contributed by atoms with Crippen molar-refractivity contribution in [1.82, 2.24) is 5.32 Å². The minimum Gasteiger partial charge on any atom is -0.493 e. The molecule has 2 N–H and O–H groups in total. The van der Waals surface area contributed by atoms with Crippen LogP contribution < -0.4 is 14.8 Å². The van der Waals surface area contributed by atoms with Crippen LogP contribution in [0.2, 0.25) is 0 Å². The predicted octanol–water partition coefficient (Wildman–Crippen LogP) is 2.21. The normalized spacial score (nSPS) is 22.5. The maximum Gasteiger partial charge on any atom is 0.161 e. The lowest BCUT2D eigenvalue weighted by Crippen LogP contribution is -2.31. The Morgan fingerprint density at radius 1 is 1.25 bits per heavy atom. The van der Waals surface area contributed by atoms with E-state index in [4.69, 9.17) is 9.47 Å². The Balaban J connectivity index is 1.61. The van der Waals surface area contributed by atoms with Crippen LogP contribution in [-0.2, 0) is 0 Å². The molecule has 4 heteroatoms. The van der Waals surface area contributed by atoms with E-state index in [0.717, 1.165) is 43.9 Å². The van der Waals surface area contributed by atoms with Gasteiger partial charge in [-0.1, -0.05) is 18.6 Å². The average molecular weight is 279 g/mol. The Morgan fingerprint density at radius 3 is 2.80 bits per heavy atom. The molecule has 1 saturated carbocycles. The third-order valence-corrected chi connectivity index (χ3v) is 3.79. The molecule has 20 heavy (non-hydrogen) atoms. The first kappa shape index (κ1) is 15.1. The van der Waals surface area contributed by atoms with Crippen LogP contribution in [-0.4, -0.2) is 38.0 Å². The average Bonchev–Trinajstić information content (AvgIpc) is 2.47. The van der Waals surface area contributed by atoms with Crippen LogP contribution >= 0.6 is 0 Å².